The van der Waals surface area contributed by atoms with E-state index < -0.39 is 23.2 Å². The third kappa shape index (κ3) is 2.79. The largest absolute Gasteiger partial charge is 0.480 e. The molecule has 6 heteroatoms. The number of esters is 1. The summed E-state index contributed by atoms with van der Waals surface area (Å²) >= 11 is 5.84. The van der Waals surface area contributed by atoms with Crippen LogP contribution in [0.1, 0.15) is 12.5 Å². The number of carbonyl (C=O) groups excluding carboxylic acids is 1. The minimum absolute atomic E-state index is 0.202. The van der Waals surface area contributed by atoms with Gasteiger partial charge >= 0.3 is 11.9 Å². The van der Waals surface area contributed by atoms with Gasteiger partial charge in [-0.2, -0.15) is 0 Å². The van der Waals surface area contributed by atoms with Gasteiger partial charge in [0.05, 0.1) is 7.11 Å². The van der Waals surface area contributed by atoms with E-state index >= 15 is 0 Å². The molecule has 1 rings (SSSR count). The molecule has 98 valence electrons. The molecule has 1 atom stereocenters. The van der Waals surface area contributed by atoms with Crippen molar-refractivity contribution >= 4 is 23.5 Å². The molecule has 0 saturated carbocycles. The van der Waals surface area contributed by atoms with E-state index in [-0.39, 0.29) is 17.0 Å². The predicted molar refractivity (Wildman–Crippen MR) is 62.9 cm³/mol. The van der Waals surface area contributed by atoms with Crippen LogP contribution in [0.15, 0.2) is 18.2 Å². The van der Waals surface area contributed by atoms with Gasteiger partial charge in [0, 0.05) is 11.4 Å². The maximum atomic E-state index is 13.1. The number of rotatable bonds is 4. The summed E-state index contributed by atoms with van der Waals surface area (Å²) in [5.74, 6) is -2.81. The lowest BCUT2D eigenvalue weighted by Gasteiger charge is -2.22. The van der Waals surface area contributed by atoms with Gasteiger partial charge in [-0.15, -0.1) is 0 Å². The number of carboxylic acid groups (broad SMARTS) is 1. The van der Waals surface area contributed by atoms with Crippen molar-refractivity contribution in [2.75, 3.05) is 7.11 Å². The Balaban J connectivity index is 3.15. The number of methoxy groups -OCH3 is 1. The molecule has 0 heterocycles. The second-order valence-corrected chi connectivity index (χ2v) is 4.45. The lowest BCUT2D eigenvalue weighted by atomic mass is 9.83. The van der Waals surface area contributed by atoms with Gasteiger partial charge < -0.3 is 9.84 Å². The third-order valence-corrected chi connectivity index (χ3v) is 3.03. The monoisotopic (exact) mass is 274 g/mol. The molecule has 0 aliphatic heterocycles. The highest BCUT2D eigenvalue weighted by Gasteiger charge is 2.43. The Kier molecular flexibility index (Phi) is 4.29. The first-order valence-electron chi connectivity index (χ1n) is 5.07. The third-order valence-electron chi connectivity index (χ3n) is 2.66. The Hall–Kier alpha value is -1.62. The lowest BCUT2D eigenvalue weighted by molar-refractivity contribution is -0.165. The molecule has 0 fully saturated rings. The summed E-state index contributed by atoms with van der Waals surface area (Å²) in [6, 6.07) is 3.57. The van der Waals surface area contributed by atoms with Gasteiger partial charge in [0.2, 0.25) is 0 Å². The summed E-state index contributed by atoms with van der Waals surface area (Å²) in [7, 11) is 1.09. The molecule has 1 aromatic rings. The van der Waals surface area contributed by atoms with Gasteiger partial charge in [-0.25, -0.2) is 4.39 Å². The smallest absolute Gasteiger partial charge is 0.323 e. The highest BCUT2D eigenvalue weighted by molar-refractivity contribution is 6.31. The quantitative estimate of drug-likeness (QED) is 0.676. The molecular formula is C12H12ClFO4. The first kappa shape index (κ1) is 14.4. The summed E-state index contributed by atoms with van der Waals surface area (Å²) in [5, 5.41) is 9.32. The minimum Gasteiger partial charge on any atom is -0.480 e. The van der Waals surface area contributed by atoms with Crippen LogP contribution in [0.2, 0.25) is 5.02 Å². The van der Waals surface area contributed by atoms with Gasteiger partial charge in [-0.1, -0.05) is 11.6 Å². The van der Waals surface area contributed by atoms with E-state index in [0.29, 0.717) is 0 Å². The van der Waals surface area contributed by atoms with E-state index in [2.05, 4.69) is 4.74 Å². The molecule has 4 nitrogen and oxygen atoms in total. The van der Waals surface area contributed by atoms with E-state index in [1.54, 1.807) is 0 Å². The van der Waals surface area contributed by atoms with Crippen LogP contribution in [0.25, 0.3) is 0 Å². The number of halogens is 2. The van der Waals surface area contributed by atoms with E-state index in [9.17, 15) is 14.0 Å². The average Bonchev–Trinajstić information content (AvgIpc) is 2.32. The highest BCUT2D eigenvalue weighted by atomic mass is 35.5. The maximum absolute atomic E-state index is 13.1. The molecule has 1 aromatic carbocycles. The first-order valence-corrected chi connectivity index (χ1v) is 5.45. The number of hydrogen-bond acceptors (Lipinski definition) is 3. The number of hydrogen-bond donors (Lipinski definition) is 1. The fraction of sp³-hybridized carbons (Fsp3) is 0.333. The molecule has 18 heavy (non-hydrogen) atoms. The van der Waals surface area contributed by atoms with Crippen LogP contribution in [0.3, 0.4) is 0 Å². The molecule has 0 aliphatic carbocycles. The number of ether oxygens (including phenoxy) is 1. The molecule has 0 aliphatic rings. The second kappa shape index (κ2) is 5.35. The summed E-state index contributed by atoms with van der Waals surface area (Å²) in [6.45, 7) is 1.21. The SMILES string of the molecule is COC(=O)C(C)(Cc1cc(F)ccc1Cl)C(=O)O. The minimum atomic E-state index is -1.80. The number of carbonyl (C=O) groups is 2. The van der Waals surface area contributed by atoms with E-state index in [1.165, 1.54) is 13.0 Å². The van der Waals surface area contributed by atoms with Gasteiger partial charge in [0.15, 0.2) is 5.41 Å². The molecule has 0 radical (unpaired) electrons. The van der Waals surface area contributed by atoms with Crippen LogP contribution in [0.4, 0.5) is 4.39 Å². The zero-order valence-electron chi connectivity index (χ0n) is 9.87. The fourth-order valence-electron chi connectivity index (χ4n) is 1.52. The fourth-order valence-corrected chi connectivity index (χ4v) is 1.70. The maximum Gasteiger partial charge on any atom is 0.323 e. The zero-order chi connectivity index (χ0) is 13.9. The van der Waals surface area contributed by atoms with Crippen molar-refractivity contribution in [3.8, 4) is 0 Å². The Morgan fingerprint density at radius 3 is 2.61 bits per heavy atom. The summed E-state index contributed by atoms with van der Waals surface area (Å²) < 4.78 is 17.5. The molecule has 1 N–H and O–H groups in total. The van der Waals surface area contributed by atoms with Gasteiger partial charge in [-0.05, 0) is 30.7 Å². The van der Waals surface area contributed by atoms with E-state index in [1.807, 2.05) is 0 Å². The molecule has 0 aromatic heterocycles. The molecule has 1 unspecified atom stereocenters. The molecule has 0 bridgehead atoms. The zero-order valence-corrected chi connectivity index (χ0v) is 10.6. The van der Waals surface area contributed by atoms with Crippen molar-refractivity contribution in [2.24, 2.45) is 5.41 Å². The molecule has 0 saturated heterocycles. The van der Waals surface area contributed by atoms with Crippen LogP contribution in [-0.4, -0.2) is 24.2 Å². The summed E-state index contributed by atoms with van der Waals surface area (Å²) in [6.07, 6.45) is -0.244. The Morgan fingerprint density at radius 1 is 1.50 bits per heavy atom. The summed E-state index contributed by atoms with van der Waals surface area (Å²) in [4.78, 5) is 22.7. The Morgan fingerprint density at radius 2 is 2.11 bits per heavy atom. The predicted octanol–water partition coefficient (Wildman–Crippen LogP) is 2.29. The van der Waals surface area contributed by atoms with Crippen molar-refractivity contribution in [2.45, 2.75) is 13.3 Å². The first-order chi connectivity index (χ1) is 8.31. The Bertz CT molecular complexity index is 489. The van der Waals surface area contributed by atoms with Crippen molar-refractivity contribution in [3.63, 3.8) is 0 Å². The standard InChI is InChI=1S/C12H12ClFO4/c1-12(10(15)16,11(17)18-2)6-7-5-8(14)3-4-9(7)13/h3-5H,6H2,1-2H3,(H,15,16). The van der Waals surface area contributed by atoms with Crippen molar-refractivity contribution in [3.05, 3.63) is 34.6 Å². The Labute approximate surface area is 108 Å². The number of carboxylic acids is 1. The average molecular weight is 275 g/mol. The van der Waals surface area contributed by atoms with E-state index in [4.69, 9.17) is 16.7 Å². The van der Waals surface area contributed by atoms with Crippen molar-refractivity contribution in [1.82, 2.24) is 0 Å². The molecule has 0 spiro atoms. The number of benzene rings is 1. The summed E-state index contributed by atoms with van der Waals surface area (Å²) in [5.41, 5.74) is -1.56. The van der Waals surface area contributed by atoms with E-state index in [0.717, 1.165) is 19.2 Å². The van der Waals surface area contributed by atoms with Crippen molar-refractivity contribution in [1.29, 1.82) is 0 Å². The van der Waals surface area contributed by atoms with Gasteiger partial charge in [-0.3, -0.25) is 9.59 Å². The normalized spacial score (nSPS) is 13.8. The lowest BCUT2D eigenvalue weighted by Crippen LogP contribution is -2.39. The van der Waals surface area contributed by atoms with Crippen molar-refractivity contribution < 1.29 is 23.8 Å². The molecular weight excluding hydrogens is 263 g/mol. The second-order valence-electron chi connectivity index (χ2n) is 4.04. The van der Waals surface area contributed by atoms with Crippen LogP contribution in [-0.2, 0) is 20.7 Å². The number of aliphatic carboxylic acids is 1. The van der Waals surface area contributed by atoms with Crippen LogP contribution in [0.5, 0.6) is 0 Å². The molecule has 0 amide bonds. The van der Waals surface area contributed by atoms with Crippen LogP contribution < -0.4 is 0 Å². The van der Waals surface area contributed by atoms with Crippen LogP contribution in [0, 0.1) is 11.2 Å². The van der Waals surface area contributed by atoms with Gasteiger partial charge in [0.1, 0.15) is 5.82 Å². The van der Waals surface area contributed by atoms with Crippen LogP contribution >= 0.6 is 11.6 Å². The van der Waals surface area contributed by atoms with Gasteiger partial charge in [0.25, 0.3) is 0 Å². The topological polar surface area (TPSA) is 63.6 Å². The highest BCUT2D eigenvalue weighted by Crippen LogP contribution is 2.29.